The summed E-state index contributed by atoms with van der Waals surface area (Å²) >= 11 is 0. The Balaban J connectivity index is 1.44. The zero-order valence-corrected chi connectivity index (χ0v) is 15.7. The highest BCUT2D eigenvalue weighted by molar-refractivity contribution is 5.90. The van der Waals surface area contributed by atoms with E-state index in [-0.39, 0.29) is 12.1 Å². The second-order valence-corrected chi connectivity index (χ2v) is 6.53. The average Bonchev–Trinajstić information content (AvgIpc) is 3.24. The number of amides is 2. The minimum Gasteiger partial charge on any atom is -0.370 e. The van der Waals surface area contributed by atoms with Crippen molar-refractivity contribution in [3.63, 3.8) is 0 Å². The second-order valence-electron chi connectivity index (χ2n) is 6.53. The standard InChI is InChI=1S/C20H22N6O2/c1-2-26-23-19(22-24-26)16-9-6-10-17(13-16)21-20(27)25-11-12-28-18(14-25)15-7-4-3-5-8-15/h3-10,13,18H,2,11-12,14H2,1H3,(H,21,27)/t18-/m1/s1. The fourth-order valence-electron chi connectivity index (χ4n) is 3.13. The lowest BCUT2D eigenvalue weighted by Crippen LogP contribution is -2.44. The maximum atomic E-state index is 12.8. The first-order valence-corrected chi connectivity index (χ1v) is 9.33. The number of rotatable bonds is 4. The predicted molar refractivity (Wildman–Crippen MR) is 105 cm³/mol. The summed E-state index contributed by atoms with van der Waals surface area (Å²) in [6, 6.07) is 17.3. The number of morpholine rings is 1. The van der Waals surface area contributed by atoms with Gasteiger partial charge in [-0.2, -0.15) is 4.80 Å². The molecule has 1 atom stereocenters. The maximum Gasteiger partial charge on any atom is 0.322 e. The number of hydrogen-bond acceptors (Lipinski definition) is 5. The third-order valence-corrected chi connectivity index (χ3v) is 4.63. The Kier molecular flexibility index (Phi) is 5.29. The molecule has 2 heterocycles. The van der Waals surface area contributed by atoms with E-state index in [1.165, 1.54) is 4.80 Å². The number of anilines is 1. The van der Waals surface area contributed by atoms with E-state index in [1.54, 1.807) is 4.90 Å². The number of aryl methyl sites for hydroxylation is 1. The fraction of sp³-hybridized carbons (Fsp3) is 0.300. The van der Waals surface area contributed by atoms with E-state index < -0.39 is 0 Å². The van der Waals surface area contributed by atoms with Crippen LogP contribution in [0.4, 0.5) is 10.5 Å². The summed E-state index contributed by atoms with van der Waals surface area (Å²) < 4.78 is 5.84. The molecule has 1 N–H and O–H groups in total. The maximum absolute atomic E-state index is 12.8. The number of ether oxygens (including phenoxy) is 1. The molecular formula is C20H22N6O2. The zero-order valence-electron chi connectivity index (χ0n) is 15.7. The summed E-state index contributed by atoms with van der Waals surface area (Å²) in [4.78, 5) is 16.1. The third-order valence-electron chi connectivity index (χ3n) is 4.63. The highest BCUT2D eigenvalue weighted by atomic mass is 16.5. The van der Waals surface area contributed by atoms with Crippen molar-refractivity contribution in [2.45, 2.75) is 19.6 Å². The van der Waals surface area contributed by atoms with Gasteiger partial charge in [-0.1, -0.05) is 42.5 Å². The summed E-state index contributed by atoms with van der Waals surface area (Å²) in [5.41, 5.74) is 2.58. The number of nitrogens with one attached hydrogen (secondary N) is 1. The van der Waals surface area contributed by atoms with Crippen molar-refractivity contribution in [3.8, 4) is 11.4 Å². The molecule has 2 aromatic carbocycles. The molecule has 28 heavy (non-hydrogen) atoms. The van der Waals surface area contributed by atoms with Crippen molar-refractivity contribution in [3.05, 3.63) is 60.2 Å². The van der Waals surface area contributed by atoms with Gasteiger partial charge in [-0.15, -0.1) is 10.2 Å². The Morgan fingerprint density at radius 1 is 1.21 bits per heavy atom. The quantitative estimate of drug-likeness (QED) is 0.754. The van der Waals surface area contributed by atoms with Crippen molar-refractivity contribution in [2.24, 2.45) is 0 Å². The van der Waals surface area contributed by atoms with Gasteiger partial charge in [-0.25, -0.2) is 4.79 Å². The van der Waals surface area contributed by atoms with Crippen LogP contribution in [-0.2, 0) is 11.3 Å². The lowest BCUT2D eigenvalue weighted by Gasteiger charge is -2.33. The summed E-state index contributed by atoms with van der Waals surface area (Å²) in [5.74, 6) is 0.536. The van der Waals surface area contributed by atoms with Crippen LogP contribution in [-0.4, -0.2) is 50.8 Å². The largest absolute Gasteiger partial charge is 0.370 e. The van der Waals surface area contributed by atoms with Crippen LogP contribution in [0, 0.1) is 0 Å². The molecule has 0 radical (unpaired) electrons. The van der Waals surface area contributed by atoms with Gasteiger partial charge in [0.05, 0.1) is 19.7 Å². The van der Waals surface area contributed by atoms with Crippen LogP contribution in [0.25, 0.3) is 11.4 Å². The van der Waals surface area contributed by atoms with Gasteiger partial charge in [0, 0.05) is 17.8 Å². The van der Waals surface area contributed by atoms with Gasteiger partial charge in [0.25, 0.3) is 0 Å². The van der Waals surface area contributed by atoms with Crippen molar-refractivity contribution in [1.29, 1.82) is 0 Å². The Bertz CT molecular complexity index is 943. The van der Waals surface area contributed by atoms with E-state index >= 15 is 0 Å². The van der Waals surface area contributed by atoms with E-state index in [1.807, 2.05) is 61.5 Å². The van der Waals surface area contributed by atoms with Gasteiger partial charge in [0.1, 0.15) is 6.10 Å². The van der Waals surface area contributed by atoms with Crippen molar-refractivity contribution in [2.75, 3.05) is 25.0 Å². The number of benzene rings is 2. The lowest BCUT2D eigenvalue weighted by molar-refractivity contribution is -0.0135. The van der Waals surface area contributed by atoms with Crippen molar-refractivity contribution < 1.29 is 9.53 Å². The van der Waals surface area contributed by atoms with Crippen LogP contribution in [0.5, 0.6) is 0 Å². The molecule has 2 amide bonds. The molecule has 0 saturated carbocycles. The van der Waals surface area contributed by atoms with Gasteiger partial charge >= 0.3 is 6.03 Å². The Labute approximate surface area is 163 Å². The molecule has 0 spiro atoms. The third kappa shape index (κ3) is 4.01. The van der Waals surface area contributed by atoms with Gasteiger partial charge in [0.15, 0.2) is 0 Å². The summed E-state index contributed by atoms with van der Waals surface area (Å²) in [6.07, 6.45) is -0.111. The van der Waals surface area contributed by atoms with Crippen LogP contribution in [0.2, 0.25) is 0 Å². The van der Waals surface area contributed by atoms with Gasteiger partial charge < -0.3 is 15.0 Å². The topological polar surface area (TPSA) is 85.2 Å². The zero-order chi connectivity index (χ0) is 19.3. The molecule has 0 aliphatic carbocycles. The summed E-state index contributed by atoms with van der Waals surface area (Å²) in [6.45, 7) is 4.19. The monoisotopic (exact) mass is 378 g/mol. The van der Waals surface area contributed by atoms with Gasteiger partial charge in [-0.05, 0) is 29.8 Å². The number of tetrazole rings is 1. The van der Waals surface area contributed by atoms with Gasteiger partial charge in [-0.3, -0.25) is 0 Å². The number of urea groups is 1. The van der Waals surface area contributed by atoms with Crippen LogP contribution in [0.15, 0.2) is 54.6 Å². The number of carbonyl (C=O) groups is 1. The molecule has 1 aliphatic rings. The summed E-state index contributed by atoms with van der Waals surface area (Å²) in [7, 11) is 0. The first-order chi connectivity index (χ1) is 13.7. The molecule has 1 saturated heterocycles. The fourth-order valence-corrected chi connectivity index (χ4v) is 3.13. The van der Waals surface area contributed by atoms with Crippen molar-refractivity contribution >= 4 is 11.7 Å². The first kappa shape index (κ1) is 18.1. The van der Waals surface area contributed by atoms with E-state index in [2.05, 4.69) is 20.7 Å². The predicted octanol–water partition coefficient (Wildman–Crippen LogP) is 2.97. The molecular weight excluding hydrogens is 356 g/mol. The van der Waals surface area contributed by atoms with Crippen LogP contribution >= 0.6 is 0 Å². The van der Waals surface area contributed by atoms with E-state index in [9.17, 15) is 4.79 Å². The number of carbonyl (C=O) groups excluding carboxylic acids is 1. The molecule has 8 heteroatoms. The van der Waals surface area contributed by atoms with Crippen LogP contribution in [0.1, 0.15) is 18.6 Å². The molecule has 8 nitrogen and oxygen atoms in total. The highest BCUT2D eigenvalue weighted by Crippen LogP contribution is 2.23. The normalized spacial score (nSPS) is 16.8. The molecule has 1 fully saturated rings. The minimum absolute atomic E-state index is 0.111. The molecule has 0 unspecified atom stereocenters. The van der Waals surface area contributed by atoms with E-state index in [0.717, 1.165) is 11.1 Å². The van der Waals surface area contributed by atoms with Crippen LogP contribution in [0.3, 0.4) is 0 Å². The smallest absolute Gasteiger partial charge is 0.322 e. The number of aromatic nitrogens is 4. The van der Waals surface area contributed by atoms with Crippen LogP contribution < -0.4 is 5.32 Å². The summed E-state index contributed by atoms with van der Waals surface area (Å²) in [5, 5.41) is 15.3. The highest BCUT2D eigenvalue weighted by Gasteiger charge is 2.25. The molecule has 3 aromatic rings. The lowest BCUT2D eigenvalue weighted by atomic mass is 10.1. The molecule has 4 rings (SSSR count). The van der Waals surface area contributed by atoms with E-state index in [0.29, 0.717) is 37.8 Å². The SMILES string of the molecule is CCn1nnc(-c2cccc(NC(=O)N3CCO[C@@H](c4ccccc4)C3)c2)n1. The minimum atomic E-state index is -0.147. The molecule has 0 bridgehead atoms. The second kappa shape index (κ2) is 8.18. The molecule has 1 aliphatic heterocycles. The number of nitrogens with zero attached hydrogens (tertiary/aromatic N) is 5. The Morgan fingerprint density at radius 3 is 2.86 bits per heavy atom. The van der Waals surface area contributed by atoms with Gasteiger partial charge in [0.2, 0.25) is 5.82 Å². The Morgan fingerprint density at radius 2 is 2.07 bits per heavy atom. The average molecular weight is 378 g/mol. The van der Waals surface area contributed by atoms with Crippen molar-refractivity contribution in [1.82, 2.24) is 25.1 Å². The molecule has 144 valence electrons. The number of hydrogen-bond donors (Lipinski definition) is 1. The van der Waals surface area contributed by atoms with E-state index in [4.69, 9.17) is 4.74 Å². The Hall–Kier alpha value is -3.26. The first-order valence-electron chi connectivity index (χ1n) is 9.33. The molecule has 1 aromatic heterocycles.